The van der Waals surface area contributed by atoms with Crippen molar-refractivity contribution in [3.8, 4) is 0 Å². The van der Waals surface area contributed by atoms with Crippen LogP contribution in [-0.4, -0.2) is 5.78 Å². The van der Waals surface area contributed by atoms with E-state index in [1.165, 1.54) is 13.0 Å². The molecule has 0 amide bonds. The summed E-state index contributed by atoms with van der Waals surface area (Å²) in [6.45, 7) is 3.04. The summed E-state index contributed by atoms with van der Waals surface area (Å²) in [5, 5.41) is 0. The van der Waals surface area contributed by atoms with Gasteiger partial charge in [0, 0.05) is 15.6 Å². The first-order valence-electron chi connectivity index (χ1n) is 4.02. The number of benzene rings is 1. The smallest absolute Gasteiger partial charge is 0.265 e. The number of hydrogen-bond acceptors (Lipinski definition) is 1. The number of carbonyl (C=O) groups excluding carboxylic acids is 1. The first kappa shape index (κ1) is 11.3. The standard InChI is InChI=1S/C10H9BrF2O/c1-5-3-7(6(2)14)9(10(12)13)8(11)4-5/h3-4,10H,1-2H3. The van der Waals surface area contributed by atoms with Crippen molar-refractivity contribution in [3.63, 3.8) is 0 Å². The van der Waals surface area contributed by atoms with Gasteiger partial charge < -0.3 is 0 Å². The lowest BCUT2D eigenvalue weighted by molar-refractivity contribution is 0.0998. The van der Waals surface area contributed by atoms with Crippen LogP contribution >= 0.6 is 15.9 Å². The van der Waals surface area contributed by atoms with Crippen LogP contribution < -0.4 is 0 Å². The second kappa shape index (κ2) is 4.17. The third-order valence-corrected chi connectivity index (χ3v) is 2.53. The van der Waals surface area contributed by atoms with Gasteiger partial charge in [0.2, 0.25) is 0 Å². The highest BCUT2D eigenvalue weighted by Gasteiger charge is 2.19. The highest BCUT2D eigenvalue weighted by Crippen LogP contribution is 2.31. The van der Waals surface area contributed by atoms with E-state index in [0.29, 0.717) is 0 Å². The van der Waals surface area contributed by atoms with Crippen molar-refractivity contribution in [2.24, 2.45) is 0 Å². The minimum atomic E-state index is -2.64. The summed E-state index contributed by atoms with van der Waals surface area (Å²) in [6, 6.07) is 3.06. The van der Waals surface area contributed by atoms with Gasteiger partial charge >= 0.3 is 0 Å². The Morgan fingerprint density at radius 3 is 2.43 bits per heavy atom. The van der Waals surface area contributed by atoms with E-state index in [1.807, 2.05) is 0 Å². The lowest BCUT2D eigenvalue weighted by Crippen LogP contribution is -2.02. The number of Topliss-reactive ketones (excluding diaryl/α,β-unsaturated/α-hetero) is 1. The quantitative estimate of drug-likeness (QED) is 0.739. The molecule has 14 heavy (non-hydrogen) atoms. The van der Waals surface area contributed by atoms with Crippen molar-refractivity contribution in [2.45, 2.75) is 20.3 Å². The van der Waals surface area contributed by atoms with E-state index in [4.69, 9.17) is 0 Å². The predicted molar refractivity (Wildman–Crippen MR) is 53.8 cm³/mol. The molecule has 0 radical (unpaired) electrons. The molecule has 0 saturated carbocycles. The Bertz CT molecular complexity index is 375. The summed E-state index contributed by atoms with van der Waals surface area (Å²) in [5.41, 5.74) is 0.654. The monoisotopic (exact) mass is 262 g/mol. The van der Waals surface area contributed by atoms with Gasteiger partial charge in [-0.25, -0.2) is 8.78 Å². The van der Waals surface area contributed by atoms with Crippen molar-refractivity contribution < 1.29 is 13.6 Å². The van der Waals surface area contributed by atoms with Crippen molar-refractivity contribution >= 4 is 21.7 Å². The number of rotatable bonds is 2. The van der Waals surface area contributed by atoms with Crippen LogP contribution in [0.2, 0.25) is 0 Å². The van der Waals surface area contributed by atoms with Crippen molar-refractivity contribution in [1.82, 2.24) is 0 Å². The first-order chi connectivity index (χ1) is 6.43. The van der Waals surface area contributed by atoms with E-state index in [-0.39, 0.29) is 21.4 Å². The molecule has 0 aliphatic heterocycles. The Labute approximate surface area is 89.3 Å². The average Bonchev–Trinajstić information content (AvgIpc) is 2.01. The summed E-state index contributed by atoms with van der Waals surface area (Å²) in [4.78, 5) is 11.1. The van der Waals surface area contributed by atoms with Gasteiger partial charge in [0.1, 0.15) is 0 Å². The minimum Gasteiger partial charge on any atom is -0.294 e. The van der Waals surface area contributed by atoms with Gasteiger partial charge in [-0.15, -0.1) is 0 Å². The molecule has 0 aliphatic carbocycles. The van der Waals surface area contributed by atoms with Crippen LogP contribution in [-0.2, 0) is 0 Å². The molecule has 1 rings (SSSR count). The molecule has 0 spiro atoms. The van der Waals surface area contributed by atoms with Gasteiger partial charge in [-0.2, -0.15) is 0 Å². The Hall–Kier alpha value is -0.770. The van der Waals surface area contributed by atoms with Crippen LogP contribution in [0.5, 0.6) is 0 Å². The maximum atomic E-state index is 12.6. The predicted octanol–water partition coefficient (Wildman–Crippen LogP) is 3.90. The highest BCUT2D eigenvalue weighted by molar-refractivity contribution is 9.10. The van der Waals surface area contributed by atoms with Crippen LogP contribution in [0.1, 0.15) is 34.8 Å². The number of carbonyl (C=O) groups is 1. The van der Waals surface area contributed by atoms with Gasteiger partial charge in [-0.3, -0.25) is 4.79 Å². The molecule has 0 saturated heterocycles. The zero-order valence-electron chi connectivity index (χ0n) is 7.77. The summed E-state index contributed by atoms with van der Waals surface area (Å²) in [7, 11) is 0. The molecule has 76 valence electrons. The third kappa shape index (κ3) is 2.18. The number of ketones is 1. The fraction of sp³-hybridized carbons (Fsp3) is 0.300. The molecule has 0 N–H and O–H groups in total. The zero-order chi connectivity index (χ0) is 10.9. The van der Waals surface area contributed by atoms with E-state index in [1.54, 1.807) is 13.0 Å². The van der Waals surface area contributed by atoms with Gasteiger partial charge in [0.05, 0.1) is 0 Å². The Morgan fingerprint density at radius 2 is 2.00 bits per heavy atom. The van der Waals surface area contributed by atoms with Crippen LogP contribution in [0, 0.1) is 6.92 Å². The molecular formula is C10H9BrF2O. The highest BCUT2D eigenvalue weighted by atomic mass is 79.9. The van der Waals surface area contributed by atoms with Crippen LogP contribution in [0.3, 0.4) is 0 Å². The lowest BCUT2D eigenvalue weighted by atomic mass is 10.0. The second-order valence-corrected chi connectivity index (χ2v) is 3.92. The summed E-state index contributed by atoms with van der Waals surface area (Å²) in [5.74, 6) is -0.343. The molecule has 1 nitrogen and oxygen atoms in total. The van der Waals surface area contributed by atoms with Gasteiger partial charge in [0.15, 0.2) is 5.78 Å². The Kier molecular flexibility index (Phi) is 3.37. The van der Waals surface area contributed by atoms with E-state index in [0.717, 1.165) is 5.56 Å². The number of halogens is 3. The van der Waals surface area contributed by atoms with Gasteiger partial charge in [-0.1, -0.05) is 15.9 Å². The molecule has 0 unspecified atom stereocenters. The van der Waals surface area contributed by atoms with Crippen molar-refractivity contribution in [3.05, 3.63) is 33.3 Å². The summed E-state index contributed by atoms with van der Waals surface area (Å²) >= 11 is 3.03. The Balaban J connectivity index is 3.44. The molecular weight excluding hydrogens is 254 g/mol. The van der Waals surface area contributed by atoms with Crippen LogP contribution in [0.4, 0.5) is 8.78 Å². The first-order valence-corrected chi connectivity index (χ1v) is 4.82. The maximum Gasteiger partial charge on any atom is 0.265 e. The maximum absolute atomic E-state index is 12.6. The topological polar surface area (TPSA) is 17.1 Å². The molecule has 0 bridgehead atoms. The second-order valence-electron chi connectivity index (χ2n) is 3.06. The molecule has 1 aromatic rings. The molecule has 0 aromatic heterocycles. The molecule has 0 atom stereocenters. The fourth-order valence-electron chi connectivity index (χ4n) is 1.27. The fourth-order valence-corrected chi connectivity index (χ4v) is 2.01. The van der Waals surface area contributed by atoms with E-state index >= 15 is 0 Å². The van der Waals surface area contributed by atoms with Gasteiger partial charge in [0.25, 0.3) is 6.43 Å². The third-order valence-electron chi connectivity index (χ3n) is 1.87. The van der Waals surface area contributed by atoms with E-state index in [2.05, 4.69) is 15.9 Å². The number of alkyl halides is 2. The number of aryl methyl sites for hydroxylation is 1. The minimum absolute atomic E-state index is 0.0897. The molecule has 4 heteroatoms. The average molecular weight is 263 g/mol. The molecule has 0 fully saturated rings. The van der Waals surface area contributed by atoms with Crippen LogP contribution in [0.25, 0.3) is 0 Å². The molecule has 0 aliphatic rings. The number of hydrogen-bond donors (Lipinski definition) is 0. The van der Waals surface area contributed by atoms with Crippen molar-refractivity contribution in [1.29, 1.82) is 0 Å². The largest absolute Gasteiger partial charge is 0.294 e. The van der Waals surface area contributed by atoms with Gasteiger partial charge in [-0.05, 0) is 31.5 Å². The SMILES string of the molecule is CC(=O)c1cc(C)cc(Br)c1C(F)F. The molecule has 1 aromatic carbocycles. The lowest BCUT2D eigenvalue weighted by Gasteiger charge is -2.09. The summed E-state index contributed by atoms with van der Waals surface area (Å²) in [6.07, 6.45) is -2.64. The Morgan fingerprint density at radius 1 is 1.43 bits per heavy atom. The summed E-state index contributed by atoms with van der Waals surface area (Å²) < 4.78 is 25.5. The zero-order valence-corrected chi connectivity index (χ0v) is 9.36. The van der Waals surface area contributed by atoms with E-state index < -0.39 is 6.43 Å². The van der Waals surface area contributed by atoms with Crippen molar-refractivity contribution in [2.75, 3.05) is 0 Å². The van der Waals surface area contributed by atoms with E-state index in [9.17, 15) is 13.6 Å². The normalized spacial score (nSPS) is 10.7. The molecule has 0 heterocycles. The van der Waals surface area contributed by atoms with Crippen LogP contribution in [0.15, 0.2) is 16.6 Å².